The highest BCUT2D eigenvalue weighted by atomic mass is 19.1. The van der Waals surface area contributed by atoms with Crippen LogP contribution in [0.4, 0.5) is 20.2 Å². The molecule has 1 heterocycles. The van der Waals surface area contributed by atoms with Gasteiger partial charge in [0.1, 0.15) is 11.6 Å². The quantitative estimate of drug-likeness (QED) is 0.291. The van der Waals surface area contributed by atoms with E-state index in [9.17, 15) is 18.4 Å². The van der Waals surface area contributed by atoms with E-state index in [1.807, 2.05) is 0 Å². The first kappa shape index (κ1) is 22.9. The highest BCUT2D eigenvalue weighted by molar-refractivity contribution is 6.08. The molecule has 9 heteroatoms. The van der Waals surface area contributed by atoms with E-state index in [4.69, 9.17) is 5.53 Å². The van der Waals surface area contributed by atoms with Crippen LogP contribution in [0.25, 0.3) is 10.4 Å². The fourth-order valence-electron chi connectivity index (χ4n) is 4.05. The van der Waals surface area contributed by atoms with Crippen molar-refractivity contribution >= 4 is 23.2 Å². The van der Waals surface area contributed by atoms with Gasteiger partial charge in [-0.15, -0.1) is 0 Å². The van der Waals surface area contributed by atoms with Gasteiger partial charge in [0.25, 0.3) is 5.91 Å². The Morgan fingerprint density at radius 2 is 1.71 bits per heavy atom. The maximum absolute atomic E-state index is 13.7. The van der Waals surface area contributed by atoms with Gasteiger partial charge in [-0.2, -0.15) is 0 Å². The van der Waals surface area contributed by atoms with Crippen molar-refractivity contribution in [1.29, 1.82) is 0 Å². The van der Waals surface area contributed by atoms with Gasteiger partial charge in [-0.3, -0.25) is 9.59 Å². The Bertz CT molecular complexity index is 1310. The summed E-state index contributed by atoms with van der Waals surface area (Å²) in [6.07, 6.45) is 0. The van der Waals surface area contributed by atoms with Crippen LogP contribution in [-0.4, -0.2) is 11.8 Å². The van der Waals surface area contributed by atoms with Gasteiger partial charge in [0, 0.05) is 34.5 Å². The summed E-state index contributed by atoms with van der Waals surface area (Å²) in [5.74, 6) is -2.00. The summed E-state index contributed by atoms with van der Waals surface area (Å²) < 4.78 is 27.4. The molecule has 0 bridgehead atoms. The molecular formula is C25H21F2N5O2. The fraction of sp³-hybridized carbons (Fsp3) is 0.200. The Kier molecular flexibility index (Phi) is 6.04. The molecular weight excluding hydrogens is 440 g/mol. The van der Waals surface area contributed by atoms with E-state index in [0.717, 1.165) is 17.2 Å². The van der Waals surface area contributed by atoms with Crippen LogP contribution in [0.1, 0.15) is 40.9 Å². The van der Waals surface area contributed by atoms with E-state index in [2.05, 4.69) is 15.3 Å². The second-order valence-electron chi connectivity index (χ2n) is 8.56. The van der Waals surface area contributed by atoms with Gasteiger partial charge in [0.05, 0.1) is 12.0 Å². The minimum absolute atomic E-state index is 0.0213. The van der Waals surface area contributed by atoms with Crippen molar-refractivity contribution in [3.05, 3.63) is 105 Å². The third kappa shape index (κ3) is 4.46. The molecule has 1 aliphatic heterocycles. The Labute approximate surface area is 194 Å². The number of benzene rings is 3. The van der Waals surface area contributed by atoms with Crippen LogP contribution in [0.2, 0.25) is 0 Å². The predicted octanol–water partition coefficient (Wildman–Crippen LogP) is 5.66. The molecule has 3 aromatic rings. The number of hydrogen-bond donors (Lipinski definition) is 1. The lowest BCUT2D eigenvalue weighted by Crippen LogP contribution is -2.35. The summed E-state index contributed by atoms with van der Waals surface area (Å²) in [5, 5.41) is 6.33. The van der Waals surface area contributed by atoms with Crippen molar-refractivity contribution in [2.75, 3.05) is 4.90 Å². The van der Waals surface area contributed by atoms with Gasteiger partial charge in [-0.1, -0.05) is 35.4 Å². The van der Waals surface area contributed by atoms with Crippen LogP contribution in [0.15, 0.2) is 65.8 Å². The molecule has 0 aromatic heterocycles. The molecule has 0 aliphatic carbocycles. The second kappa shape index (κ2) is 8.96. The van der Waals surface area contributed by atoms with E-state index >= 15 is 0 Å². The number of halogens is 2. The maximum atomic E-state index is 13.7. The number of rotatable bonds is 6. The minimum Gasteiger partial charge on any atom is -0.348 e. The zero-order valence-electron chi connectivity index (χ0n) is 18.5. The van der Waals surface area contributed by atoms with Gasteiger partial charge in [-0.05, 0) is 60.3 Å². The third-order valence-electron chi connectivity index (χ3n) is 5.82. The van der Waals surface area contributed by atoms with Crippen molar-refractivity contribution in [1.82, 2.24) is 5.32 Å². The van der Waals surface area contributed by atoms with Crippen LogP contribution < -0.4 is 10.2 Å². The van der Waals surface area contributed by atoms with Gasteiger partial charge in [-0.25, -0.2) is 8.78 Å². The number of amides is 2. The lowest BCUT2D eigenvalue weighted by Gasteiger charge is -2.20. The Morgan fingerprint density at radius 3 is 2.35 bits per heavy atom. The van der Waals surface area contributed by atoms with E-state index in [1.165, 1.54) is 17.0 Å². The van der Waals surface area contributed by atoms with E-state index in [-0.39, 0.29) is 24.9 Å². The highest BCUT2D eigenvalue weighted by Crippen LogP contribution is 2.42. The fourth-order valence-corrected chi connectivity index (χ4v) is 4.05. The Hall–Kier alpha value is -4.23. The number of nitrogens with zero attached hydrogens (tertiary/aromatic N) is 4. The number of fused-ring (bicyclic) bond motifs is 1. The average Bonchev–Trinajstić information content (AvgIpc) is 2.98. The molecule has 4 rings (SSSR count). The van der Waals surface area contributed by atoms with Gasteiger partial charge in [0.2, 0.25) is 5.91 Å². The molecule has 3 aromatic carbocycles. The molecule has 0 unspecified atom stereocenters. The molecule has 0 atom stereocenters. The van der Waals surface area contributed by atoms with E-state index in [1.54, 1.807) is 56.3 Å². The SMILES string of the molecule is CC1(C)C(=O)N(Cc2cc(F)cc(F)c2)c2cc(C(=O)NCc3ccc(N=[N+]=[N-])cc3)ccc21. The molecule has 0 saturated carbocycles. The summed E-state index contributed by atoms with van der Waals surface area (Å²) >= 11 is 0. The molecule has 172 valence electrons. The standard InChI is InChI=1S/C25H21F2N5O2/c1-25(2)21-8-5-17(23(33)29-13-15-3-6-20(7-4-15)30-31-28)11-22(21)32(24(25)34)14-16-9-18(26)12-19(27)10-16/h3-12H,13-14H2,1-2H3,(H,29,33). The van der Waals surface area contributed by atoms with Crippen molar-refractivity contribution in [3.63, 3.8) is 0 Å². The number of carbonyl (C=O) groups is 2. The zero-order chi connectivity index (χ0) is 24.5. The van der Waals surface area contributed by atoms with Gasteiger partial charge in [0.15, 0.2) is 0 Å². The predicted molar refractivity (Wildman–Crippen MR) is 123 cm³/mol. The topological polar surface area (TPSA) is 98.2 Å². The van der Waals surface area contributed by atoms with Crippen LogP contribution >= 0.6 is 0 Å². The van der Waals surface area contributed by atoms with Crippen molar-refractivity contribution in [2.24, 2.45) is 5.11 Å². The molecule has 2 amide bonds. The minimum atomic E-state index is -0.843. The molecule has 0 fully saturated rings. The van der Waals surface area contributed by atoms with Crippen LogP contribution in [0.3, 0.4) is 0 Å². The zero-order valence-corrected chi connectivity index (χ0v) is 18.5. The van der Waals surface area contributed by atoms with Crippen LogP contribution in [0, 0.1) is 11.6 Å². The molecule has 1 N–H and O–H groups in total. The lowest BCUT2D eigenvalue weighted by molar-refractivity contribution is -0.122. The molecule has 0 spiro atoms. The molecule has 7 nitrogen and oxygen atoms in total. The van der Waals surface area contributed by atoms with Crippen molar-refractivity contribution in [3.8, 4) is 0 Å². The maximum Gasteiger partial charge on any atom is 0.251 e. The lowest BCUT2D eigenvalue weighted by atomic mass is 9.86. The highest BCUT2D eigenvalue weighted by Gasteiger charge is 2.44. The number of hydrogen-bond acceptors (Lipinski definition) is 3. The summed E-state index contributed by atoms with van der Waals surface area (Å²) in [6, 6.07) is 15.0. The Morgan fingerprint density at radius 1 is 1.03 bits per heavy atom. The summed E-state index contributed by atoms with van der Waals surface area (Å²) in [4.78, 5) is 30.1. The summed E-state index contributed by atoms with van der Waals surface area (Å²) in [6.45, 7) is 3.79. The van der Waals surface area contributed by atoms with Gasteiger partial charge >= 0.3 is 0 Å². The van der Waals surface area contributed by atoms with Crippen molar-refractivity contribution in [2.45, 2.75) is 32.4 Å². The number of azide groups is 1. The van der Waals surface area contributed by atoms with E-state index < -0.39 is 17.0 Å². The summed E-state index contributed by atoms with van der Waals surface area (Å²) in [7, 11) is 0. The Balaban J connectivity index is 1.56. The normalized spacial score (nSPS) is 13.9. The van der Waals surface area contributed by atoms with E-state index in [0.29, 0.717) is 22.5 Å². The summed E-state index contributed by atoms with van der Waals surface area (Å²) in [5.41, 5.74) is 10.9. The molecule has 1 aliphatic rings. The monoisotopic (exact) mass is 461 g/mol. The van der Waals surface area contributed by atoms with Crippen LogP contribution in [-0.2, 0) is 23.3 Å². The number of anilines is 1. The first-order valence-corrected chi connectivity index (χ1v) is 10.5. The largest absolute Gasteiger partial charge is 0.348 e. The van der Waals surface area contributed by atoms with Gasteiger partial charge < -0.3 is 10.2 Å². The van der Waals surface area contributed by atoms with Crippen LogP contribution in [0.5, 0.6) is 0 Å². The number of carbonyl (C=O) groups excluding carboxylic acids is 2. The first-order chi connectivity index (χ1) is 16.2. The molecule has 0 radical (unpaired) electrons. The second-order valence-corrected chi connectivity index (χ2v) is 8.56. The smallest absolute Gasteiger partial charge is 0.251 e. The number of nitrogens with one attached hydrogen (secondary N) is 1. The third-order valence-corrected chi connectivity index (χ3v) is 5.82. The van der Waals surface area contributed by atoms with Crippen molar-refractivity contribution < 1.29 is 18.4 Å². The first-order valence-electron chi connectivity index (χ1n) is 10.5. The molecule has 34 heavy (non-hydrogen) atoms. The average molecular weight is 461 g/mol. The molecule has 0 saturated heterocycles.